The van der Waals surface area contributed by atoms with Crippen LogP contribution in [0.5, 0.6) is 17.4 Å². The first kappa shape index (κ1) is 18.6. The van der Waals surface area contributed by atoms with Gasteiger partial charge in [-0.2, -0.15) is 5.10 Å². The molecule has 0 bridgehead atoms. The number of fused-ring (bicyclic) bond motifs is 1. The molecule has 4 aromatic rings. The van der Waals surface area contributed by atoms with Gasteiger partial charge in [-0.05, 0) is 31.2 Å². The zero-order valence-corrected chi connectivity index (χ0v) is 16.0. The third-order valence-electron chi connectivity index (χ3n) is 3.99. The van der Waals surface area contributed by atoms with E-state index in [1.807, 2.05) is 37.5 Å². The van der Waals surface area contributed by atoms with Crippen molar-refractivity contribution in [2.75, 3.05) is 11.9 Å². The van der Waals surface area contributed by atoms with Crippen LogP contribution in [0.1, 0.15) is 6.92 Å². The molecule has 29 heavy (non-hydrogen) atoms. The van der Waals surface area contributed by atoms with E-state index in [1.165, 1.54) is 6.33 Å². The van der Waals surface area contributed by atoms with E-state index >= 15 is 0 Å². The molecule has 9 nitrogen and oxygen atoms in total. The standard InChI is InChI=1S/C20H20N6O3/c1-13(27)11-28-15-4-6-19(21-10-15)29-14-3-5-17-16(9-14)20(23-12-22-17)24-18-7-8-26(2)25-18/h3-10,12-13,27H,11H2,1-2H3,(H,22,23,24,25)/t13-/m0/s1. The van der Waals surface area contributed by atoms with Crippen molar-refractivity contribution < 1.29 is 14.6 Å². The minimum Gasteiger partial charge on any atom is -0.489 e. The number of anilines is 2. The maximum atomic E-state index is 9.28. The molecular formula is C20H20N6O3. The molecule has 0 aliphatic heterocycles. The molecule has 1 aromatic carbocycles. The second-order valence-electron chi connectivity index (χ2n) is 6.50. The molecule has 0 radical (unpaired) electrons. The Hall–Kier alpha value is -3.72. The van der Waals surface area contributed by atoms with Gasteiger partial charge in [-0.1, -0.05) is 0 Å². The summed E-state index contributed by atoms with van der Waals surface area (Å²) in [6.07, 6.45) is 4.36. The Bertz CT molecular complexity index is 1110. The lowest BCUT2D eigenvalue weighted by atomic mass is 10.2. The summed E-state index contributed by atoms with van der Waals surface area (Å²) < 4.78 is 13.0. The molecule has 0 saturated carbocycles. The number of nitrogens with one attached hydrogen (secondary N) is 1. The molecule has 148 valence electrons. The van der Waals surface area contributed by atoms with Crippen LogP contribution < -0.4 is 14.8 Å². The van der Waals surface area contributed by atoms with Gasteiger partial charge in [0.15, 0.2) is 5.82 Å². The van der Waals surface area contributed by atoms with Gasteiger partial charge in [-0.25, -0.2) is 15.0 Å². The molecule has 1 atom stereocenters. The summed E-state index contributed by atoms with van der Waals surface area (Å²) in [6, 6.07) is 10.8. The number of rotatable bonds is 7. The van der Waals surface area contributed by atoms with Crippen molar-refractivity contribution in [1.29, 1.82) is 0 Å². The molecule has 0 saturated heterocycles. The van der Waals surface area contributed by atoms with Crippen LogP contribution >= 0.6 is 0 Å². The molecule has 3 aromatic heterocycles. The van der Waals surface area contributed by atoms with E-state index in [0.29, 0.717) is 29.0 Å². The minimum atomic E-state index is -0.542. The maximum absolute atomic E-state index is 9.28. The van der Waals surface area contributed by atoms with Gasteiger partial charge in [-0.15, -0.1) is 0 Å². The Morgan fingerprint density at radius 3 is 2.69 bits per heavy atom. The van der Waals surface area contributed by atoms with Crippen LogP contribution in [0.15, 0.2) is 55.1 Å². The fraction of sp³-hybridized carbons (Fsp3) is 0.200. The van der Waals surface area contributed by atoms with E-state index in [2.05, 4.69) is 25.4 Å². The normalized spacial score (nSPS) is 12.0. The Balaban J connectivity index is 1.54. The van der Waals surface area contributed by atoms with Crippen molar-refractivity contribution in [1.82, 2.24) is 24.7 Å². The van der Waals surface area contributed by atoms with Crippen LogP contribution in [0.2, 0.25) is 0 Å². The first-order valence-corrected chi connectivity index (χ1v) is 9.03. The van der Waals surface area contributed by atoms with Crippen molar-refractivity contribution in [3.05, 3.63) is 55.1 Å². The van der Waals surface area contributed by atoms with Crippen LogP contribution in [0.4, 0.5) is 11.6 Å². The molecule has 0 aliphatic carbocycles. The topological polar surface area (TPSA) is 107 Å². The fourth-order valence-corrected chi connectivity index (χ4v) is 2.65. The van der Waals surface area contributed by atoms with Crippen LogP contribution in [0, 0.1) is 0 Å². The first-order chi connectivity index (χ1) is 14.1. The largest absolute Gasteiger partial charge is 0.489 e. The predicted octanol–water partition coefficient (Wildman–Crippen LogP) is 3.05. The third-order valence-corrected chi connectivity index (χ3v) is 3.99. The van der Waals surface area contributed by atoms with Crippen molar-refractivity contribution >= 4 is 22.5 Å². The molecule has 0 unspecified atom stereocenters. The van der Waals surface area contributed by atoms with E-state index in [0.717, 1.165) is 10.9 Å². The van der Waals surface area contributed by atoms with Gasteiger partial charge in [0.1, 0.15) is 30.3 Å². The minimum absolute atomic E-state index is 0.207. The Morgan fingerprint density at radius 1 is 1.10 bits per heavy atom. The number of hydrogen-bond donors (Lipinski definition) is 2. The average Bonchev–Trinajstić information content (AvgIpc) is 3.12. The number of nitrogens with zero attached hydrogens (tertiary/aromatic N) is 5. The summed E-state index contributed by atoms with van der Waals surface area (Å²) >= 11 is 0. The highest BCUT2D eigenvalue weighted by atomic mass is 16.5. The van der Waals surface area contributed by atoms with Crippen molar-refractivity contribution in [2.24, 2.45) is 7.05 Å². The van der Waals surface area contributed by atoms with Crippen LogP contribution in [0.3, 0.4) is 0 Å². The number of pyridine rings is 1. The third kappa shape index (κ3) is 4.58. The molecule has 0 spiro atoms. The van der Waals surface area contributed by atoms with Crippen LogP contribution in [0.25, 0.3) is 10.9 Å². The van der Waals surface area contributed by atoms with Crippen molar-refractivity contribution in [3.8, 4) is 17.4 Å². The highest BCUT2D eigenvalue weighted by Crippen LogP contribution is 2.28. The fourth-order valence-electron chi connectivity index (χ4n) is 2.65. The molecule has 2 N–H and O–H groups in total. The molecule has 0 amide bonds. The molecule has 4 rings (SSSR count). The zero-order valence-electron chi connectivity index (χ0n) is 16.0. The second-order valence-corrected chi connectivity index (χ2v) is 6.50. The summed E-state index contributed by atoms with van der Waals surface area (Å²) in [4.78, 5) is 12.9. The molecule has 3 heterocycles. The summed E-state index contributed by atoms with van der Waals surface area (Å²) in [6.45, 7) is 1.87. The number of hydrogen-bond acceptors (Lipinski definition) is 8. The second kappa shape index (κ2) is 8.11. The average molecular weight is 392 g/mol. The first-order valence-electron chi connectivity index (χ1n) is 9.03. The van der Waals surface area contributed by atoms with Crippen LogP contribution in [-0.4, -0.2) is 42.5 Å². The quantitative estimate of drug-likeness (QED) is 0.494. The Labute approximate surface area is 167 Å². The van der Waals surface area contributed by atoms with Crippen molar-refractivity contribution in [3.63, 3.8) is 0 Å². The summed E-state index contributed by atoms with van der Waals surface area (Å²) in [5.41, 5.74) is 0.778. The van der Waals surface area contributed by atoms with E-state index in [9.17, 15) is 5.11 Å². The van der Waals surface area contributed by atoms with Gasteiger partial charge >= 0.3 is 0 Å². The number of ether oxygens (including phenoxy) is 2. The number of aryl methyl sites for hydroxylation is 1. The highest BCUT2D eigenvalue weighted by molar-refractivity contribution is 5.91. The lowest BCUT2D eigenvalue weighted by molar-refractivity contribution is 0.122. The number of benzene rings is 1. The Kier molecular flexibility index (Phi) is 5.21. The summed E-state index contributed by atoms with van der Waals surface area (Å²) in [7, 11) is 1.85. The van der Waals surface area contributed by atoms with Gasteiger partial charge in [0, 0.05) is 30.8 Å². The van der Waals surface area contributed by atoms with E-state index < -0.39 is 6.10 Å². The molecular weight excluding hydrogens is 372 g/mol. The number of aromatic nitrogens is 5. The zero-order chi connectivity index (χ0) is 20.2. The summed E-state index contributed by atoms with van der Waals surface area (Å²) in [5.74, 6) is 2.90. The van der Waals surface area contributed by atoms with Crippen LogP contribution in [-0.2, 0) is 7.05 Å². The Morgan fingerprint density at radius 2 is 1.97 bits per heavy atom. The molecule has 9 heteroatoms. The van der Waals surface area contributed by atoms with Gasteiger partial charge in [0.05, 0.1) is 17.8 Å². The lowest BCUT2D eigenvalue weighted by Gasteiger charge is -2.10. The van der Waals surface area contributed by atoms with E-state index in [1.54, 1.807) is 29.9 Å². The van der Waals surface area contributed by atoms with Crippen molar-refractivity contribution in [2.45, 2.75) is 13.0 Å². The smallest absolute Gasteiger partial charge is 0.219 e. The SMILES string of the molecule is C[C@H](O)COc1ccc(Oc2ccc3ncnc(Nc4ccn(C)n4)c3c2)nc1. The van der Waals surface area contributed by atoms with E-state index in [4.69, 9.17) is 9.47 Å². The molecule has 0 aliphatic rings. The predicted molar refractivity (Wildman–Crippen MR) is 108 cm³/mol. The van der Waals surface area contributed by atoms with Gasteiger partial charge < -0.3 is 19.9 Å². The van der Waals surface area contributed by atoms with Gasteiger partial charge in [-0.3, -0.25) is 4.68 Å². The maximum Gasteiger partial charge on any atom is 0.219 e. The summed E-state index contributed by atoms with van der Waals surface area (Å²) in [5, 5.41) is 17.6. The van der Waals surface area contributed by atoms with Gasteiger partial charge in [0.2, 0.25) is 5.88 Å². The van der Waals surface area contributed by atoms with Gasteiger partial charge in [0.25, 0.3) is 0 Å². The monoisotopic (exact) mass is 392 g/mol. The highest BCUT2D eigenvalue weighted by Gasteiger charge is 2.09. The lowest BCUT2D eigenvalue weighted by Crippen LogP contribution is -2.12. The van der Waals surface area contributed by atoms with E-state index in [-0.39, 0.29) is 6.61 Å². The molecule has 0 fully saturated rings. The number of aliphatic hydroxyl groups is 1. The number of aliphatic hydroxyl groups excluding tert-OH is 1.